The highest BCUT2D eigenvalue weighted by Gasteiger charge is 2.33. The number of carbonyl (C=O) groups excluding carboxylic acids is 1. The summed E-state index contributed by atoms with van der Waals surface area (Å²) in [4.78, 5) is 30.0. The van der Waals surface area contributed by atoms with Gasteiger partial charge in [-0.1, -0.05) is 6.92 Å². The van der Waals surface area contributed by atoms with E-state index in [0.29, 0.717) is 18.8 Å². The average Bonchev–Trinajstić information content (AvgIpc) is 3.21. The van der Waals surface area contributed by atoms with E-state index in [1.165, 1.54) is 5.56 Å². The third-order valence-corrected chi connectivity index (χ3v) is 7.22. The minimum absolute atomic E-state index is 0.122. The number of fused-ring (bicyclic) bond motifs is 3. The zero-order valence-corrected chi connectivity index (χ0v) is 22.8. The van der Waals surface area contributed by atoms with Crippen molar-refractivity contribution in [2.24, 2.45) is 0 Å². The summed E-state index contributed by atoms with van der Waals surface area (Å²) in [5.41, 5.74) is 3.52. The number of anilines is 2. The van der Waals surface area contributed by atoms with Gasteiger partial charge in [-0.2, -0.15) is 0 Å². The van der Waals surface area contributed by atoms with Crippen LogP contribution in [0.3, 0.4) is 0 Å². The second kappa shape index (κ2) is 9.63. The normalized spacial score (nSPS) is 15.4. The smallest absolute Gasteiger partial charge is 0.410 e. The van der Waals surface area contributed by atoms with E-state index in [-0.39, 0.29) is 12.0 Å². The lowest BCUT2D eigenvalue weighted by atomic mass is 9.94. The lowest BCUT2D eigenvalue weighted by Crippen LogP contribution is -2.40. The average molecular weight is 518 g/mol. The van der Waals surface area contributed by atoms with Crippen LogP contribution in [0.2, 0.25) is 0 Å². The number of aromatic nitrogens is 3. The summed E-state index contributed by atoms with van der Waals surface area (Å²) in [6, 6.07) is 9.80. The molecule has 0 saturated carbocycles. The fraction of sp³-hybridized carbons (Fsp3) is 0.357. The summed E-state index contributed by atoms with van der Waals surface area (Å²) in [6.45, 7) is 12.8. The molecule has 192 valence electrons. The van der Waals surface area contributed by atoms with Crippen molar-refractivity contribution >= 4 is 39.2 Å². The van der Waals surface area contributed by atoms with Gasteiger partial charge in [0.2, 0.25) is 0 Å². The third-order valence-electron chi connectivity index (χ3n) is 6.13. The third kappa shape index (κ3) is 5.36. The number of pyridine rings is 1. The molecule has 1 amide bonds. The molecule has 0 bridgehead atoms. The largest absolute Gasteiger partial charge is 0.455 e. The van der Waals surface area contributed by atoms with E-state index in [2.05, 4.69) is 27.2 Å². The fourth-order valence-electron chi connectivity index (χ4n) is 4.48. The second-order valence-electron chi connectivity index (χ2n) is 10.4. The number of nitrogens with one attached hydrogen (secondary N) is 1. The highest BCUT2D eigenvalue weighted by atomic mass is 32.1. The van der Waals surface area contributed by atoms with E-state index in [4.69, 9.17) is 9.47 Å². The minimum Gasteiger partial charge on any atom is -0.455 e. The number of carbonyl (C=O) groups is 1. The van der Waals surface area contributed by atoms with Gasteiger partial charge in [0.1, 0.15) is 34.1 Å². The number of benzene rings is 1. The van der Waals surface area contributed by atoms with Crippen molar-refractivity contribution in [2.75, 3.05) is 11.9 Å². The van der Waals surface area contributed by atoms with Gasteiger partial charge in [-0.05, 0) is 76.1 Å². The van der Waals surface area contributed by atoms with Crippen molar-refractivity contribution in [1.82, 2.24) is 19.9 Å². The first-order valence-corrected chi connectivity index (χ1v) is 13.1. The standard InChI is InChI=1S/C28H31N5O3S/c1-16-11-19(8-10-21(16)35-20-9-7-18(3)29-12-20)32-25-24-23-17(2)13-33(27(34)36-28(4,5)6)14-22(23)37-26(24)31-15-30-25/h7-12,15,17H,13-14H2,1-6H3,(H,30,31,32). The summed E-state index contributed by atoms with van der Waals surface area (Å²) in [5, 5.41) is 4.51. The first-order valence-electron chi connectivity index (χ1n) is 12.3. The summed E-state index contributed by atoms with van der Waals surface area (Å²) in [6.07, 6.45) is 3.02. The van der Waals surface area contributed by atoms with Crippen LogP contribution >= 0.6 is 11.3 Å². The van der Waals surface area contributed by atoms with Crippen LogP contribution in [0.15, 0.2) is 42.9 Å². The van der Waals surface area contributed by atoms with Crippen molar-refractivity contribution in [3.63, 3.8) is 0 Å². The molecular weight excluding hydrogens is 486 g/mol. The molecule has 4 aromatic rings. The molecule has 0 spiro atoms. The molecule has 0 aliphatic carbocycles. The van der Waals surface area contributed by atoms with Crippen molar-refractivity contribution in [3.05, 3.63) is 64.6 Å². The number of aryl methyl sites for hydroxylation is 2. The van der Waals surface area contributed by atoms with E-state index in [1.54, 1.807) is 28.8 Å². The molecular formula is C28H31N5O3S. The summed E-state index contributed by atoms with van der Waals surface area (Å²) in [7, 11) is 0. The van der Waals surface area contributed by atoms with Crippen LogP contribution in [-0.2, 0) is 11.3 Å². The van der Waals surface area contributed by atoms with Crippen LogP contribution in [0.25, 0.3) is 10.2 Å². The van der Waals surface area contributed by atoms with E-state index >= 15 is 0 Å². The molecule has 8 nitrogen and oxygen atoms in total. The highest BCUT2D eigenvalue weighted by molar-refractivity contribution is 7.19. The van der Waals surface area contributed by atoms with E-state index in [1.807, 2.05) is 65.0 Å². The zero-order valence-electron chi connectivity index (χ0n) is 22.0. The van der Waals surface area contributed by atoms with Crippen LogP contribution in [0, 0.1) is 13.8 Å². The number of nitrogens with zero attached hydrogens (tertiary/aromatic N) is 4. The van der Waals surface area contributed by atoms with Gasteiger partial charge < -0.3 is 19.7 Å². The van der Waals surface area contributed by atoms with Crippen molar-refractivity contribution in [1.29, 1.82) is 0 Å². The summed E-state index contributed by atoms with van der Waals surface area (Å²) in [5.74, 6) is 2.35. The summed E-state index contributed by atoms with van der Waals surface area (Å²) < 4.78 is 11.6. The van der Waals surface area contributed by atoms with Crippen molar-refractivity contribution < 1.29 is 14.3 Å². The lowest BCUT2D eigenvalue weighted by molar-refractivity contribution is 0.0212. The van der Waals surface area contributed by atoms with Gasteiger partial charge in [0, 0.05) is 28.7 Å². The first kappa shape index (κ1) is 25.0. The zero-order chi connectivity index (χ0) is 26.3. The van der Waals surface area contributed by atoms with E-state index in [0.717, 1.165) is 43.6 Å². The van der Waals surface area contributed by atoms with Gasteiger partial charge in [0.25, 0.3) is 0 Å². The Balaban J connectivity index is 1.40. The molecule has 0 radical (unpaired) electrons. The topological polar surface area (TPSA) is 89.5 Å². The molecule has 1 aliphatic heterocycles. The number of rotatable bonds is 4. The molecule has 1 aliphatic rings. The molecule has 9 heteroatoms. The van der Waals surface area contributed by atoms with Gasteiger partial charge in [-0.15, -0.1) is 11.3 Å². The molecule has 5 rings (SSSR count). The van der Waals surface area contributed by atoms with Crippen molar-refractivity contribution in [2.45, 2.75) is 59.6 Å². The number of thiophene rings is 1. The Bertz CT molecular complexity index is 1460. The Labute approximate surface area is 220 Å². The monoisotopic (exact) mass is 517 g/mol. The second-order valence-corrected chi connectivity index (χ2v) is 11.5. The molecule has 0 saturated heterocycles. The molecule has 1 N–H and O–H groups in total. The highest BCUT2D eigenvalue weighted by Crippen LogP contribution is 2.43. The Hall–Kier alpha value is -3.72. The molecule has 1 atom stereocenters. The fourth-order valence-corrected chi connectivity index (χ4v) is 5.75. The maximum absolute atomic E-state index is 12.7. The predicted octanol–water partition coefficient (Wildman–Crippen LogP) is 7.09. The number of hydrogen-bond acceptors (Lipinski definition) is 8. The molecule has 4 heterocycles. The van der Waals surface area contributed by atoms with Gasteiger partial charge >= 0.3 is 6.09 Å². The van der Waals surface area contributed by atoms with Crippen LogP contribution in [0.4, 0.5) is 16.3 Å². The van der Waals surface area contributed by atoms with Crippen LogP contribution in [0.5, 0.6) is 11.5 Å². The maximum atomic E-state index is 12.7. The number of amides is 1. The van der Waals surface area contributed by atoms with Crippen molar-refractivity contribution in [3.8, 4) is 11.5 Å². The van der Waals surface area contributed by atoms with Crippen LogP contribution in [-0.4, -0.2) is 38.1 Å². The molecule has 1 aromatic carbocycles. The molecule has 37 heavy (non-hydrogen) atoms. The summed E-state index contributed by atoms with van der Waals surface area (Å²) >= 11 is 1.61. The first-order chi connectivity index (χ1) is 17.6. The molecule has 1 unspecified atom stereocenters. The Morgan fingerprint density at radius 2 is 1.95 bits per heavy atom. The van der Waals surface area contributed by atoms with E-state index in [9.17, 15) is 4.79 Å². The molecule has 3 aromatic heterocycles. The Kier molecular flexibility index (Phi) is 6.49. The predicted molar refractivity (Wildman–Crippen MR) is 146 cm³/mol. The number of ether oxygens (including phenoxy) is 2. The SMILES string of the molecule is Cc1ccc(Oc2ccc(Nc3ncnc4sc5c(c34)C(C)CN(C(=O)OC(C)(C)C)C5)cc2C)cn1. The Morgan fingerprint density at radius 3 is 2.65 bits per heavy atom. The lowest BCUT2D eigenvalue weighted by Gasteiger charge is -2.33. The minimum atomic E-state index is -0.529. The number of hydrogen-bond donors (Lipinski definition) is 1. The van der Waals surface area contributed by atoms with Gasteiger partial charge in [-0.25, -0.2) is 14.8 Å². The van der Waals surface area contributed by atoms with Gasteiger partial charge in [0.15, 0.2) is 0 Å². The van der Waals surface area contributed by atoms with E-state index < -0.39 is 5.60 Å². The maximum Gasteiger partial charge on any atom is 0.410 e. The van der Waals surface area contributed by atoms with Gasteiger partial charge in [-0.3, -0.25) is 4.98 Å². The van der Waals surface area contributed by atoms with Crippen LogP contribution < -0.4 is 10.1 Å². The quantitative estimate of drug-likeness (QED) is 0.309. The molecule has 0 fully saturated rings. The van der Waals surface area contributed by atoms with Crippen LogP contribution in [0.1, 0.15) is 55.3 Å². The van der Waals surface area contributed by atoms with Gasteiger partial charge in [0.05, 0.1) is 18.1 Å². The Morgan fingerprint density at radius 1 is 1.14 bits per heavy atom.